The van der Waals surface area contributed by atoms with Gasteiger partial charge in [-0.05, 0) is 37.1 Å². The molecule has 0 aromatic heterocycles. The number of unbranched alkanes of at least 4 members (excludes halogenated alkanes) is 7. The summed E-state index contributed by atoms with van der Waals surface area (Å²) in [4.78, 5) is 22.1. The number of carboxylic acids is 2. The van der Waals surface area contributed by atoms with Crippen LogP contribution in [0.25, 0.3) is 0 Å². The topological polar surface area (TPSA) is 83.8 Å². The van der Waals surface area contributed by atoms with Gasteiger partial charge in [0.25, 0.3) is 0 Å². The second-order valence-electron chi connectivity index (χ2n) is 6.61. The maximum absolute atomic E-state index is 10.5. The fourth-order valence-electron chi connectivity index (χ4n) is 2.72. The molecule has 152 valence electrons. The Morgan fingerprint density at radius 2 is 1.33 bits per heavy atom. The number of thioether (sulfide) groups is 1. The largest absolute Gasteiger partial charge is 0.492 e. The average molecular weight is 397 g/mol. The summed E-state index contributed by atoms with van der Waals surface area (Å²) in [6.45, 7) is 0.427. The van der Waals surface area contributed by atoms with Crippen molar-refractivity contribution >= 4 is 23.7 Å². The summed E-state index contributed by atoms with van der Waals surface area (Å²) in [5, 5.41) is 17.2. The first-order valence-electron chi connectivity index (χ1n) is 9.88. The number of para-hydroxylation sites is 1. The van der Waals surface area contributed by atoms with Gasteiger partial charge in [-0.3, -0.25) is 9.59 Å². The minimum atomic E-state index is -0.790. The zero-order chi connectivity index (χ0) is 19.7. The van der Waals surface area contributed by atoms with Crippen LogP contribution in [-0.4, -0.2) is 34.5 Å². The molecule has 0 radical (unpaired) electrons. The summed E-state index contributed by atoms with van der Waals surface area (Å²) in [5.41, 5.74) is 0. The molecule has 0 fully saturated rings. The highest BCUT2D eigenvalue weighted by Gasteiger charge is 2.04. The van der Waals surface area contributed by atoms with Crippen molar-refractivity contribution in [1.82, 2.24) is 0 Å². The molecule has 27 heavy (non-hydrogen) atoms. The van der Waals surface area contributed by atoms with Gasteiger partial charge in [0.2, 0.25) is 0 Å². The fourth-order valence-corrected chi connectivity index (χ4v) is 3.73. The Hall–Kier alpha value is -1.69. The van der Waals surface area contributed by atoms with Crippen molar-refractivity contribution in [1.29, 1.82) is 0 Å². The third kappa shape index (κ3) is 13.2. The first-order chi connectivity index (χ1) is 13.1. The number of carbonyl (C=O) groups is 2. The summed E-state index contributed by atoms with van der Waals surface area (Å²) < 4.78 is 5.72. The molecule has 0 spiro atoms. The molecule has 0 heterocycles. The van der Waals surface area contributed by atoms with Crippen LogP contribution in [0.2, 0.25) is 0 Å². The third-order valence-corrected chi connectivity index (χ3v) is 5.33. The van der Waals surface area contributed by atoms with E-state index in [0.29, 0.717) is 19.4 Å². The van der Waals surface area contributed by atoms with Gasteiger partial charge in [-0.25, -0.2) is 0 Å². The van der Waals surface area contributed by atoms with Crippen molar-refractivity contribution in [2.24, 2.45) is 0 Å². The second-order valence-corrected chi connectivity index (χ2v) is 7.75. The van der Waals surface area contributed by atoms with Crippen molar-refractivity contribution in [3.63, 3.8) is 0 Å². The number of ether oxygens (including phenoxy) is 1. The van der Waals surface area contributed by atoms with Crippen molar-refractivity contribution in [3.8, 4) is 5.75 Å². The number of rotatable bonds is 17. The predicted molar refractivity (Wildman–Crippen MR) is 109 cm³/mol. The van der Waals surface area contributed by atoms with E-state index in [-0.39, 0.29) is 6.42 Å². The predicted octanol–water partition coefficient (Wildman–Crippen LogP) is 5.62. The summed E-state index contributed by atoms with van der Waals surface area (Å²) in [6, 6.07) is 7.92. The van der Waals surface area contributed by atoms with Crippen LogP contribution in [0, 0.1) is 0 Å². The van der Waals surface area contributed by atoms with Crippen molar-refractivity contribution in [3.05, 3.63) is 24.3 Å². The number of benzene rings is 1. The van der Waals surface area contributed by atoms with Gasteiger partial charge >= 0.3 is 11.9 Å². The molecule has 0 amide bonds. The average Bonchev–Trinajstić information content (AvgIpc) is 2.63. The molecule has 0 saturated carbocycles. The molecule has 0 bridgehead atoms. The fraction of sp³-hybridized carbons (Fsp3) is 0.619. The molecule has 1 aromatic rings. The second kappa shape index (κ2) is 15.4. The number of hydrogen-bond donors (Lipinski definition) is 2. The Morgan fingerprint density at radius 1 is 0.778 bits per heavy atom. The van der Waals surface area contributed by atoms with Crippen LogP contribution in [0.1, 0.15) is 70.6 Å². The summed E-state index contributed by atoms with van der Waals surface area (Å²) >= 11 is 1.79. The number of carboxylic acid groups (broad SMARTS) is 2. The minimum absolute atomic E-state index is 0.134. The first-order valence-corrected chi connectivity index (χ1v) is 10.9. The van der Waals surface area contributed by atoms with E-state index in [2.05, 4.69) is 0 Å². The van der Waals surface area contributed by atoms with E-state index in [1.165, 1.54) is 25.7 Å². The van der Waals surface area contributed by atoms with Crippen molar-refractivity contribution in [2.45, 2.75) is 75.5 Å². The van der Waals surface area contributed by atoms with Gasteiger partial charge in [0.15, 0.2) is 0 Å². The maximum atomic E-state index is 10.5. The van der Waals surface area contributed by atoms with Crippen LogP contribution in [0.4, 0.5) is 0 Å². The Kier molecular flexibility index (Phi) is 13.3. The third-order valence-electron chi connectivity index (χ3n) is 4.18. The van der Waals surface area contributed by atoms with Gasteiger partial charge in [0.05, 0.1) is 6.61 Å². The van der Waals surface area contributed by atoms with Crippen LogP contribution in [0.5, 0.6) is 5.75 Å². The van der Waals surface area contributed by atoms with Crippen LogP contribution in [0.15, 0.2) is 29.2 Å². The van der Waals surface area contributed by atoms with E-state index in [1.807, 2.05) is 24.3 Å². The smallest absolute Gasteiger partial charge is 0.303 e. The van der Waals surface area contributed by atoms with Gasteiger partial charge in [-0.15, -0.1) is 11.8 Å². The van der Waals surface area contributed by atoms with E-state index in [9.17, 15) is 9.59 Å². The molecule has 6 heteroatoms. The SMILES string of the molecule is O=C(O)CCCCCCCCCCSc1ccccc1OCCCC(=O)O. The van der Waals surface area contributed by atoms with E-state index in [4.69, 9.17) is 14.9 Å². The van der Waals surface area contributed by atoms with Gasteiger partial charge in [-0.2, -0.15) is 0 Å². The Morgan fingerprint density at radius 3 is 2.00 bits per heavy atom. The zero-order valence-electron chi connectivity index (χ0n) is 16.0. The normalized spacial score (nSPS) is 10.7. The molecule has 2 N–H and O–H groups in total. The molecular formula is C21H32O5S. The molecule has 0 saturated heterocycles. The molecule has 0 aliphatic heterocycles. The van der Waals surface area contributed by atoms with Gasteiger partial charge in [0.1, 0.15) is 5.75 Å². The molecule has 1 aromatic carbocycles. The van der Waals surface area contributed by atoms with E-state index < -0.39 is 11.9 Å². The highest BCUT2D eigenvalue weighted by atomic mass is 32.2. The molecule has 5 nitrogen and oxygen atoms in total. The van der Waals surface area contributed by atoms with Crippen LogP contribution in [-0.2, 0) is 9.59 Å². The Labute approximate surface area is 166 Å². The quantitative estimate of drug-likeness (QED) is 0.263. The molecule has 0 unspecified atom stereocenters. The first kappa shape index (κ1) is 23.3. The standard InChI is InChI=1S/C21H32O5S/c22-20(23)14-7-5-3-1-2-4-6-10-17-27-19-13-9-8-12-18(19)26-16-11-15-21(24)25/h8-9,12-13H,1-7,10-11,14-17H2,(H,22,23)(H,24,25). The summed E-state index contributed by atoms with van der Waals surface area (Å²) in [7, 11) is 0. The molecular weight excluding hydrogens is 364 g/mol. The lowest BCUT2D eigenvalue weighted by Gasteiger charge is -2.10. The molecule has 0 atom stereocenters. The highest BCUT2D eigenvalue weighted by Crippen LogP contribution is 2.30. The van der Waals surface area contributed by atoms with Gasteiger partial charge in [0, 0.05) is 17.7 Å². The maximum Gasteiger partial charge on any atom is 0.303 e. The zero-order valence-corrected chi connectivity index (χ0v) is 16.8. The molecule has 0 aliphatic rings. The van der Waals surface area contributed by atoms with Crippen molar-refractivity contribution < 1.29 is 24.5 Å². The lowest BCUT2D eigenvalue weighted by molar-refractivity contribution is -0.138. The number of aliphatic carboxylic acids is 2. The van der Waals surface area contributed by atoms with Crippen LogP contribution < -0.4 is 4.74 Å². The van der Waals surface area contributed by atoms with E-state index in [1.54, 1.807) is 11.8 Å². The summed E-state index contributed by atoms with van der Waals surface area (Å²) in [6.07, 6.45) is 9.92. The molecule has 0 aliphatic carbocycles. The van der Waals surface area contributed by atoms with E-state index >= 15 is 0 Å². The Bertz CT molecular complexity index is 547. The van der Waals surface area contributed by atoms with Crippen molar-refractivity contribution in [2.75, 3.05) is 12.4 Å². The van der Waals surface area contributed by atoms with E-state index in [0.717, 1.165) is 42.1 Å². The number of hydrogen-bond acceptors (Lipinski definition) is 4. The molecule has 1 rings (SSSR count). The minimum Gasteiger partial charge on any atom is -0.492 e. The highest BCUT2D eigenvalue weighted by molar-refractivity contribution is 7.99. The summed E-state index contributed by atoms with van der Waals surface area (Å²) in [5.74, 6) is 0.407. The Balaban J connectivity index is 2.06. The lowest BCUT2D eigenvalue weighted by Crippen LogP contribution is -2.02. The lowest BCUT2D eigenvalue weighted by atomic mass is 10.1. The monoisotopic (exact) mass is 396 g/mol. The van der Waals surface area contributed by atoms with Gasteiger partial charge in [-0.1, -0.05) is 50.7 Å². The van der Waals surface area contributed by atoms with Crippen LogP contribution in [0.3, 0.4) is 0 Å². The van der Waals surface area contributed by atoms with Crippen LogP contribution >= 0.6 is 11.8 Å². The van der Waals surface area contributed by atoms with Gasteiger partial charge < -0.3 is 14.9 Å².